The van der Waals surface area contributed by atoms with Gasteiger partial charge in [0.1, 0.15) is 10.6 Å². The van der Waals surface area contributed by atoms with Gasteiger partial charge in [0.15, 0.2) is 0 Å². The summed E-state index contributed by atoms with van der Waals surface area (Å²) in [4.78, 5) is 25.9. The molecule has 0 saturated carbocycles. The monoisotopic (exact) mass is 559 g/mol. The van der Waals surface area contributed by atoms with E-state index in [-0.39, 0.29) is 17.4 Å². The van der Waals surface area contributed by atoms with Crippen LogP contribution in [-0.2, 0) is 14.8 Å². The number of nitrogens with one attached hydrogen (secondary N) is 1. The zero-order valence-corrected chi connectivity index (χ0v) is 22.3. The first kappa shape index (κ1) is 27.0. The van der Waals surface area contributed by atoms with Crippen LogP contribution >= 0.6 is 11.3 Å². The van der Waals surface area contributed by atoms with Gasteiger partial charge in [-0.3, -0.25) is 4.72 Å². The fraction of sp³-hybridized carbons (Fsp3) is 0.261. The number of carbonyl (C=O) groups is 2. The van der Waals surface area contributed by atoms with Gasteiger partial charge >= 0.3 is 12.2 Å². The molecule has 0 bridgehead atoms. The largest absolute Gasteiger partial charge is 0.463 e. The van der Waals surface area contributed by atoms with Gasteiger partial charge in [0, 0.05) is 23.2 Å². The SMILES string of the molecule is CC(C)(C)OC(=O)N(c1ccc2c(cnn2C(=O)O)c1)c1nnc(-c2cccc(NS(=O)(=O)CCN)c2)s1. The molecule has 0 saturated heterocycles. The third-order valence-corrected chi connectivity index (χ3v) is 7.22. The predicted octanol–water partition coefficient (Wildman–Crippen LogP) is 3.85. The van der Waals surface area contributed by atoms with Crippen LogP contribution in [0.1, 0.15) is 20.8 Å². The van der Waals surface area contributed by atoms with E-state index in [2.05, 4.69) is 20.0 Å². The summed E-state index contributed by atoms with van der Waals surface area (Å²) in [5.74, 6) is -0.221. The summed E-state index contributed by atoms with van der Waals surface area (Å²) in [6, 6.07) is 11.3. The summed E-state index contributed by atoms with van der Waals surface area (Å²) in [7, 11) is -3.60. The standard InChI is InChI=1S/C23H25N7O6S2/c1-23(2,3)36-22(33)29(17-7-8-18-15(12-17)13-25-30(18)21(31)32)20-27-26-19(37-20)14-5-4-6-16(11-14)28-38(34,35)10-9-24/h4-8,11-13,28H,9-10,24H2,1-3H3,(H,31,32). The zero-order valence-electron chi connectivity index (χ0n) is 20.7. The molecule has 4 aromatic rings. The van der Waals surface area contributed by atoms with Crippen LogP contribution in [0.2, 0.25) is 0 Å². The topological polar surface area (TPSA) is 183 Å². The first-order valence-corrected chi connectivity index (χ1v) is 13.7. The molecule has 0 spiro atoms. The van der Waals surface area contributed by atoms with Crippen LogP contribution in [-0.4, -0.2) is 63.6 Å². The zero-order chi connectivity index (χ0) is 27.7. The maximum atomic E-state index is 13.3. The second-order valence-corrected chi connectivity index (χ2v) is 11.9. The number of carbonyl (C=O) groups excluding carboxylic acids is 1. The second-order valence-electron chi connectivity index (χ2n) is 9.08. The Balaban J connectivity index is 1.72. The quantitative estimate of drug-likeness (QED) is 0.300. The molecule has 0 atom stereocenters. The Morgan fingerprint density at radius 3 is 2.63 bits per heavy atom. The van der Waals surface area contributed by atoms with Gasteiger partial charge in [0.2, 0.25) is 15.2 Å². The molecular formula is C23H25N7O6S2. The lowest BCUT2D eigenvalue weighted by Gasteiger charge is -2.25. The van der Waals surface area contributed by atoms with Crippen molar-refractivity contribution in [2.45, 2.75) is 26.4 Å². The van der Waals surface area contributed by atoms with Gasteiger partial charge in [0.05, 0.1) is 23.2 Å². The first-order valence-electron chi connectivity index (χ1n) is 11.3. The number of ether oxygens (including phenoxy) is 1. The number of anilines is 3. The van der Waals surface area contributed by atoms with E-state index in [0.29, 0.717) is 32.8 Å². The number of nitrogens with zero attached hydrogens (tertiary/aromatic N) is 5. The van der Waals surface area contributed by atoms with Crippen LogP contribution in [0.25, 0.3) is 21.5 Å². The number of sulfonamides is 1. The van der Waals surface area contributed by atoms with Crippen molar-refractivity contribution in [2.75, 3.05) is 21.9 Å². The number of benzene rings is 2. The van der Waals surface area contributed by atoms with Gasteiger partial charge in [-0.2, -0.15) is 9.78 Å². The van der Waals surface area contributed by atoms with Gasteiger partial charge < -0.3 is 15.6 Å². The number of fused-ring (bicyclic) bond motifs is 1. The molecule has 0 radical (unpaired) electrons. The Kier molecular flexibility index (Phi) is 7.35. The molecule has 2 aromatic carbocycles. The fourth-order valence-corrected chi connectivity index (χ4v) is 5.19. The molecule has 0 aliphatic rings. The van der Waals surface area contributed by atoms with Gasteiger partial charge in [0.25, 0.3) is 0 Å². The molecule has 4 rings (SSSR count). The first-order chi connectivity index (χ1) is 17.9. The summed E-state index contributed by atoms with van der Waals surface area (Å²) in [6.45, 7) is 5.17. The average Bonchev–Trinajstić information content (AvgIpc) is 3.45. The minimum atomic E-state index is -3.60. The van der Waals surface area contributed by atoms with Crippen LogP contribution in [0.4, 0.5) is 26.1 Å². The van der Waals surface area contributed by atoms with Gasteiger partial charge in [-0.25, -0.2) is 22.9 Å². The molecule has 38 heavy (non-hydrogen) atoms. The van der Waals surface area contributed by atoms with Crippen molar-refractivity contribution in [3.05, 3.63) is 48.7 Å². The highest BCUT2D eigenvalue weighted by Gasteiger charge is 2.28. The lowest BCUT2D eigenvalue weighted by Crippen LogP contribution is -2.33. The molecule has 0 unspecified atom stereocenters. The van der Waals surface area contributed by atoms with E-state index in [0.717, 1.165) is 16.0 Å². The van der Waals surface area contributed by atoms with Crippen molar-refractivity contribution in [3.8, 4) is 10.6 Å². The summed E-state index contributed by atoms with van der Waals surface area (Å²) >= 11 is 1.09. The maximum absolute atomic E-state index is 13.3. The van der Waals surface area contributed by atoms with Gasteiger partial charge in [-0.05, 0) is 51.1 Å². The number of amides is 1. The van der Waals surface area contributed by atoms with Crippen LogP contribution < -0.4 is 15.4 Å². The van der Waals surface area contributed by atoms with Crippen LogP contribution in [0.3, 0.4) is 0 Å². The molecule has 0 fully saturated rings. The van der Waals surface area contributed by atoms with E-state index in [9.17, 15) is 23.1 Å². The van der Waals surface area contributed by atoms with Crippen LogP contribution in [0.15, 0.2) is 48.7 Å². The summed E-state index contributed by atoms with van der Waals surface area (Å²) < 4.78 is 33.1. The van der Waals surface area contributed by atoms with E-state index in [4.69, 9.17) is 10.5 Å². The highest BCUT2D eigenvalue weighted by molar-refractivity contribution is 7.92. The van der Waals surface area contributed by atoms with E-state index in [1.165, 1.54) is 17.2 Å². The molecule has 200 valence electrons. The molecule has 2 aromatic heterocycles. The molecule has 13 nitrogen and oxygen atoms in total. The number of carboxylic acid groups (broad SMARTS) is 1. The number of rotatable bonds is 7. The third kappa shape index (κ3) is 6.07. The normalized spacial score (nSPS) is 11.9. The van der Waals surface area contributed by atoms with E-state index in [1.54, 1.807) is 57.2 Å². The Morgan fingerprint density at radius 1 is 1.18 bits per heavy atom. The molecule has 1 amide bonds. The maximum Gasteiger partial charge on any atom is 0.432 e. The Bertz CT molecular complexity index is 1610. The molecule has 4 N–H and O–H groups in total. The third-order valence-electron chi connectivity index (χ3n) is 4.94. The summed E-state index contributed by atoms with van der Waals surface area (Å²) in [6.07, 6.45) is -0.574. The smallest absolute Gasteiger partial charge is 0.432 e. The molecule has 0 aliphatic heterocycles. The van der Waals surface area contributed by atoms with Crippen LogP contribution in [0.5, 0.6) is 0 Å². The van der Waals surface area contributed by atoms with Crippen LogP contribution in [0, 0.1) is 0 Å². The van der Waals surface area contributed by atoms with Crippen molar-refractivity contribution in [2.24, 2.45) is 5.73 Å². The lowest BCUT2D eigenvalue weighted by molar-refractivity contribution is 0.0599. The molecular weight excluding hydrogens is 534 g/mol. The molecule has 0 aliphatic carbocycles. The predicted molar refractivity (Wildman–Crippen MR) is 143 cm³/mol. The average molecular weight is 560 g/mol. The molecule has 15 heteroatoms. The minimum Gasteiger partial charge on any atom is -0.463 e. The molecule has 2 heterocycles. The van der Waals surface area contributed by atoms with Gasteiger partial charge in [-0.15, -0.1) is 10.2 Å². The van der Waals surface area contributed by atoms with Gasteiger partial charge in [-0.1, -0.05) is 23.5 Å². The highest BCUT2D eigenvalue weighted by atomic mass is 32.2. The summed E-state index contributed by atoms with van der Waals surface area (Å²) in [5, 5.41) is 22.7. The Morgan fingerprint density at radius 2 is 1.95 bits per heavy atom. The Labute approximate surface area is 221 Å². The lowest BCUT2D eigenvalue weighted by atomic mass is 10.2. The number of nitrogens with two attached hydrogens (primary N) is 1. The van der Waals surface area contributed by atoms with Crippen molar-refractivity contribution in [3.63, 3.8) is 0 Å². The van der Waals surface area contributed by atoms with E-state index >= 15 is 0 Å². The fourth-order valence-electron chi connectivity index (χ4n) is 3.44. The van der Waals surface area contributed by atoms with Crippen molar-refractivity contribution < 1.29 is 27.9 Å². The number of hydrogen-bond acceptors (Lipinski definition) is 10. The second kappa shape index (κ2) is 10.4. The van der Waals surface area contributed by atoms with Crippen molar-refractivity contribution in [1.29, 1.82) is 0 Å². The van der Waals surface area contributed by atoms with E-state index in [1.807, 2.05) is 0 Å². The number of aromatic nitrogens is 4. The van der Waals surface area contributed by atoms with Crippen molar-refractivity contribution in [1.82, 2.24) is 20.0 Å². The number of hydrogen-bond donors (Lipinski definition) is 3. The highest BCUT2D eigenvalue weighted by Crippen LogP contribution is 2.36. The van der Waals surface area contributed by atoms with E-state index < -0.39 is 27.8 Å². The van der Waals surface area contributed by atoms with Crippen molar-refractivity contribution >= 4 is 61.0 Å². The summed E-state index contributed by atoms with van der Waals surface area (Å²) in [5.41, 5.74) is 6.17. The minimum absolute atomic E-state index is 0.0157. The Hall–Kier alpha value is -4.08.